The maximum absolute atomic E-state index is 14.2. The Labute approximate surface area is 155 Å². The van der Waals surface area contributed by atoms with Crippen LogP contribution < -0.4 is 4.72 Å². The van der Waals surface area contributed by atoms with E-state index in [1.807, 2.05) is 4.72 Å². The van der Waals surface area contributed by atoms with Crippen molar-refractivity contribution in [1.82, 2.24) is 0 Å². The summed E-state index contributed by atoms with van der Waals surface area (Å²) in [4.78, 5) is 22.6. The van der Waals surface area contributed by atoms with Gasteiger partial charge in [-0.15, -0.1) is 0 Å². The highest BCUT2D eigenvalue weighted by Crippen LogP contribution is 2.29. The van der Waals surface area contributed by atoms with Gasteiger partial charge in [0.2, 0.25) is 10.0 Å². The minimum Gasteiger partial charge on any atom is -0.466 e. The lowest BCUT2D eigenvalue weighted by Gasteiger charge is -2.23. The Bertz CT molecular complexity index is 858. The number of nitrogens with one attached hydrogen (secondary N) is 1. The van der Waals surface area contributed by atoms with E-state index in [2.05, 4.69) is 9.47 Å². The van der Waals surface area contributed by atoms with Gasteiger partial charge in [0.25, 0.3) is 0 Å². The Balaban J connectivity index is 2.29. The first-order valence-corrected chi connectivity index (χ1v) is 9.61. The number of allylic oxidation sites excluding steroid dienone is 1. The first kappa shape index (κ1) is 20.8. The number of carbonyl (C=O) groups excluding carboxylic acids is 2. The molecule has 0 aromatic heterocycles. The van der Waals surface area contributed by atoms with Gasteiger partial charge in [0, 0.05) is 6.92 Å². The van der Waals surface area contributed by atoms with Crippen LogP contribution in [-0.4, -0.2) is 32.7 Å². The second-order valence-corrected chi connectivity index (χ2v) is 7.80. The van der Waals surface area contributed by atoms with Crippen LogP contribution in [0.3, 0.4) is 0 Å². The minimum atomic E-state index is -4.31. The molecule has 0 amide bonds. The summed E-state index contributed by atoms with van der Waals surface area (Å²) >= 11 is 0. The lowest BCUT2D eigenvalue weighted by Crippen LogP contribution is -2.35. The highest BCUT2D eigenvalue weighted by atomic mass is 32.2. The third kappa shape index (κ3) is 5.03. The van der Waals surface area contributed by atoms with Gasteiger partial charge in [-0.05, 0) is 37.0 Å². The molecule has 0 saturated carbocycles. The molecular weight excluding hydrogens is 384 g/mol. The number of ether oxygens (including phenoxy) is 2. The number of methoxy groups -OCH3 is 1. The van der Waals surface area contributed by atoms with Crippen molar-refractivity contribution < 1.29 is 36.3 Å². The Hall–Kier alpha value is -2.49. The molecule has 2 rings (SSSR count). The van der Waals surface area contributed by atoms with E-state index in [-0.39, 0.29) is 24.2 Å². The predicted molar refractivity (Wildman–Crippen MR) is 92.1 cm³/mol. The third-order valence-electron chi connectivity index (χ3n) is 3.97. The zero-order valence-corrected chi connectivity index (χ0v) is 15.6. The van der Waals surface area contributed by atoms with E-state index in [0.717, 1.165) is 26.2 Å². The fraction of sp³-hybridized carbons (Fsp3) is 0.412. The van der Waals surface area contributed by atoms with E-state index < -0.39 is 44.5 Å². The van der Waals surface area contributed by atoms with E-state index in [0.29, 0.717) is 12.8 Å². The van der Waals surface area contributed by atoms with Crippen LogP contribution in [0.25, 0.3) is 0 Å². The van der Waals surface area contributed by atoms with Crippen LogP contribution in [0.15, 0.2) is 23.8 Å². The molecule has 1 aliphatic rings. The maximum atomic E-state index is 14.2. The zero-order valence-electron chi connectivity index (χ0n) is 14.8. The molecule has 1 atom stereocenters. The fourth-order valence-corrected chi connectivity index (χ4v) is 4.33. The molecule has 27 heavy (non-hydrogen) atoms. The van der Waals surface area contributed by atoms with Crippen molar-refractivity contribution in [3.63, 3.8) is 0 Å². The molecule has 0 fully saturated rings. The number of halogens is 2. The summed E-state index contributed by atoms with van der Waals surface area (Å²) in [5.41, 5.74) is -0.907. The Kier molecular flexibility index (Phi) is 6.53. The lowest BCUT2D eigenvalue weighted by atomic mass is 9.99. The molecule has 0 heterocycles. The van der Waals surface area contributed by atoms with Crippen LogP contribution >= 0.6 is 0 Å². The molecule has 1 aromatic carbocycles. The molecule has 0 saturated heterocycles. The summed E-state index contributed by atoms with van der Waals surface area (Å²) in [6.07, 6.45) is 2.57. The number of hydrogen-bond donors (Lipinski definition) is 1. The molecule has 0 radical (unpaired) electrons. The van der Waals surface area contributed by atoms with E-state index in [4.69, 9.17) is 0 Å². The van der Waals surface area contributed by atoms with Crippen molar-refractivity contribution in [3.8, 4) is 0 Å². The first-order valence-electron chi connectivity index (χ1n) is 8.07. The van der Waals surface area contributed by atoms with Crippen LogP contribution in [0.2, 0.25) is 0 Å². The molecule has 148 valence electrons. The Morgan fingerprint density at radius 3 is 2.44 bits per heavy atom. The van der Waals surface area contributed by atoms with Crippen molar-refractivity contribution in [2.75, 3.05) is 11.8 Å². The SMILES string of the molecule is COC(=O)C1=CCCCC1S(=O)(=O)Nc1c(F)cc(COC(C)=O)cc1F. The fourth-order valence-electron chi connectivity index (χ4n) is 2.71. The number of sulfonamides is 1. The van der Waals surface area contributed by atoms with Gasteiger partial charge in [-0.2, -0.15) is 0 Å². The summed E-state index contributed by atoms with van der Waals surface area (Å²) in [5, 5.41) is -1.28. The van der Waals surface area contributed by atoms with Gasteiger partial charge in [0.1, 0.15) is 17.5 Å². The van der Waals surface area contributed by atoms with Crippen LogP contribution in [0.5, 0.6) is 0 Å². The molecule has 10 heteroatoms. The predicted octanol–water partition coefficient (Wildman–Crippen LogP) is 2.42. The van der Waals surface area contributed by atoms with Crippen molar-refractivity contribution >= 4 is 27.6 Å². The van der Waals surface area contributed by atoms with Gasteiger partial charge in [-0.25, -0.2) is 22.0 Å². The molecule has 0 aliphatic heterocycles. The number of rotatable bonds is 6. The minimum absolute atomic E-state index is 0.0240. The average Bonchev–Trinajstić information content (AvgIpc) is 2.62. The first-order chi connectivity index (χ1) is 12.7. The van der Waals surface area contributed by atoms with Crippen molar-refractivity contribution in [3.05, 3.63) is 41.0 Å². The topological polar surface area (TPSA) is 98.8 Å². The normalized spacial score (nSPS) is 17.0. The number of carbonyl (C=O) groups is 2. The average molecular weight is 403 g/mol. The van der Waals surface area contributed by atoms with E-state index in [9.17, 15) is 26.8 Å². The quantitative estimate of drug-likeness (QED) is 0.733. The molecule has 1 aliphatic carbocycles. The van der Waals surface area contributed by atoms with E-state index >= 15 is 0 Å². The van der Waals surface area contributed by atoms with Gasteiger partial charge >= 0.3 is 11.9 Å². The monoisotopic (exact) mass is 403 g/mol. The molecule has 7 nitrogen and oxygen atoms in total. The van der Waals surface area contributed by atoms with E-state index in [1.54, 1.807) is 0 Å². The molecule has 1 N–H and O–H groups in total. The maximum Gasteiger partial charge on any atom is 0.334 e. The van der Waals surface area contributed by atoms with Gasteiger partial charge in [0.05, 0.1) is 12.7 Å². The van der Waals surface area contributed by atoms with Crippen molar-refractivity contribution in [2.45, 2.75) is 38.0 Å². The molecule has 0 bridgehead atoms. The molecular formula is C17H19F2NO6S. The van der Waals surface area contributed by atoms with Gasteiger partial charge in [-0.3, -0.25) is 9.52 Å². The number of esters is 2. The largest absolute Gasteiger partial charge is 0.466 e. The summed E-state index contributed by atoms with van der Waals surface area (Å²) in [6, 6.07) is 1.73. The van der Waals surface area contributed by atoms with Crippen LogP contribution in [0.1, 0.15) is 31.7 Å². The lowest BCUT2D eigenvalue weighted by molar-refractivity contribution is -0.142. The number of anilines is 1. The Morgan fingerprint density at radius 2 is 1.89 bits per heavy atom. The van der Waals surface area contributed by atoms with Gasteiger partial charge in [0.15, 0.2) is 11.6 Å². The Morgan fingerprint density at radius 1 is 1.26 bits per heavy atom. The van der Waals surface area contributed by atoms with Crippen molar-refractivity contribution in [2.24, 2.45) is 0 Å². The second kappa shape index (κ2) is 8.47. The standard InChI is InChI=1S/C17H19F2NO6S/c1-10(21)26-9-11-7-13(18)16(14(19)8-11)20-27(23,24)15-6-4-3-5-12(15)17(22)25-2/h5,7-8,15,20H,3-4,6,9H2,1-2H3. The summed E-state index contributed by atoms with van der Waals surface area (Å²) in [6.45, 7) is 0.792. The summed E-state index contributed by atoms with van der Waals surface area (Å²) in [5.74, 6) is -3.76. The molecule has 1 aromatic rings. The molecule has 1 unspecified atom stereocenters. The second-order valence-electron chi connectivity index (χ2n) is 5.93. The van der Waals surface area contributed by atoms with Gasteiger partial charge in [-0.1, -0.05) is 6.08 Å². The molecule has 0 spiro atoms. The third-order valence-corrected chi connectivity index (χ3v) is 5.69. The highest BCUT2D eigenvalue weighted by Gasteiger charge is 2.36. The number of benzene rings is 1. The summed E-state index contributed by atoms with van der Waals surface area (Å²) in [7, 11) is -3.19. The van der Waals surface area contributed by atoms with Gasteiger partial charge < -0.3 is 9.47 Å². The summed E-state index contributed by atoms with van der Waals surface area (Å²) < 4.78 is 64.9. The smallest absolute Gasteiger partial charge is 0.334 e. The van der Waals surface area contributed by atoms with E-state index in [1.165, 1.54) is 6.08 Å². The van der Waals surface area contributed by atoms with Crippen LogP contribution in [-0.2, 0) is 35.7 Å². The highest BCUT2D eigenvalue weighted by molar-refractivity contribution is 7.93. The van der Waals surface area contributed by atoms with Crippen molar-refractivity contribution in [1.29, 1.82) is 0 Å². The zero-order chi connectivity index (χ0) is 20.2. The number of hydrogen-bond acceptors (Lipinski definition) is 6. The van der Waals surface area contributed by atoms with Crippen LogP contribution in [0.4, 0.5) is 14.5 Å². The van der Waals surface area contributed by atoms with Crippen LogP contribution in [0, 0.1) is 11.6 Å².